The maximum atomic E-state index is 12.9. The number of nitrogens with one attached hydrogen (secondary N) is 1. The Kier molecular flexibility index (Phi) is 6.27. The predicted octanol–water partition coefficient (Wildman–Crippen LogP) is 3.56. The lowest BCUT2D eigenvalue weighted by Crippen LogP contribution is -2.44. The van der Waals surface area contributed by atoms with E-state index in [0.717, 1.165) is 44.9 Å². The first-order valence-corrected chi connectivity index (χ1v) is 11.6. The van der Waals surface area contributed by atoms with Gasteiger partial charge in [-0.25, -0.2) is 13.1 Å². The van der Waals surface area contributed by atoms with E-state index in [4.69, 9.17) is 10.3 Å². The van der Waals surface area contributed by atoms with Crippen LogP contribution in [0, 0.1) is 0 Å². The summed E-state index contributed by atoms with van der Waals surface area (Å²) in [5.74, 6) is 0.695. The molecule has 150 valence electrons. The summed E-state index contributed by atoms with van der Waals surface area (Å²) in [6.45, 7) is 0. The van der Waals surface area contributed by atoms with Crippen molar-refractivity contribution in [3.05, 3.63) is 17.3 Å². The normalized spacial score (nSPS) is 20.5. The molecule has 2 heterocycles. The van der Waals surface area contributed by atoms with Gasteiger partial charge in [0.15, 0.2) is 5.82 Å². The van der Waals surface area contributed by atoms with Gasteiger partial charge in [0, 0.05) is 6.04 Å². The second-order valence-corrected chi connectivity index (χ2v) is 9.96. The van der Waals surface area contributed by atoms with E-state index in [0.29, 0.717) is 10.7 Å². The average Bonchev–Trinajstić information content (AvgIpc) is 3.19. The van der Waals surface area contributed by atoms with E-state index in [-0.39, 0.29) is 29.2 Å². The average molecular weight is 433 g/mol. The van der Waals surface area contributed by atoms with Gasteiger partial charge in [0.1, 0.15) is 9.77 Å². The van der Waals surface area contributed by atoms with Gasteiger partial charge in [-0.3, -0.25) is 0 Å². The van der Waals surface area contributed by atoms with Gasteiger partial charge in [-0.15, -0.1) is 23.7 Å². The molecule has 0 aromatic carbocycles. The molecule has 0 saturated heterocycles. The van der Waals surface area contributed by atoms with Crippen LogP contribution in [0.15, 0.2) is 20.9 Å². The maximum absolute atomic E-state index is 12.9. The highest BCUT2D eigenvalue weighted by Gasteiger charge is 2.39. The molecule has 4 rings (SSSR count). The number of nitrogens with two attached hydrogens (primary N) is 1. The van der Waals surface area contributed by atoms with E-state index in [1.165, 1.54) is 24.2 Å². The molecule has 2 aromatic rings. The van der Waals surface area contributed by atoms with Crippen molar-refractivity contribution in [1.82, 2.24) is 14.9 Å². The molecule has 0 aliphatic heterocycles. The molecule has 2 aromatic heterocycles. The van der Waals surface area contributed by atoms with Crippen molar-refractivity contribution >= 4 is 33.8 Å². The Morgan fingerprint density at radius 3 is 2.52 bits per heavy atom. The second kappa shape index (κ2) is 8.16. The van der Waals surface area contributed by atoms with Crippen LogP contribution in [0.5, 0.6) is 0 Å². The fourth-order valence-corrected chi connectivity index (χ4v) is 6.29. The van der Waals surface area contributed by atoms with Gasteiger partial charge in [-0.2, -0.15) is 4.98 Å². The van der Waals surface area contributed by atoms with Gasteiger partial charge in [0.2, 0.25) is 10.0 Å². The molecule has 0 radical (unpaired) electrons. The van der Waals surface area contributed by atoms with Crippen LogP contribution in [-0.4, -0.2) is 24.6 Å². The molecular formula is C17H25ClN4O3S2. The molecule has 0 unspecified atom stereocenters. The molecule has 3 N–H and O–H groups in total. The minimum Gasteiger partial charge on any atom is -0.333 e. The smallest absolute Gasteiger partial charge is 0.269 e. The SMILES string of the molecule is Cl.NC1(c2noc(-c3sccc3S(=O)(=O)NC3CCCCCC3)n2)CCC1. The van der Waals surface area contributed by atoms with Crippen molar-refractivity contribution in [2.75, 3.05) is 0 Å². The summed E-state index contributed by atoms with van der Waals surface area (Å²) in [4.78, 5) is 5.09. The Hall–Kier alpha value is -1.00. The second-order valence-electron chi connectivity index (χ2n) is 7.36. The molecule has 0 amide bonds. The van der Waals surface area contributed by atoms with E-state index >= 15 is 0 Å². The van der Waals surface area contributed by atoms with Crippen molar-refractivity contribution in [3.8, 4) is 10.8 Å². The number of thiophene rings is 1. The van der Waals surface area contributed by atoms with Gasteiger partial charge < -0.3 is 10.3 Å². The molecule has 0 atom stereocenters. The highest BCUT2D eigenvalue weighted by Crippen LogP contribution is 2.39. The van der Waals surface area contributed by atoms with Crippen LogP contribution in [0.3, 0.4) is 0 Å². The van der Waals surface area contributed by atoms with Crippen LogP contribution in [0.2, 0.25) is 0 Å². The van der Waals surface area contributed by atoms with Crippen molar-refractivity contribution in [2.45, 2.75) is 74.3 Å². The molecule has 7 nitrogen and oxygen atoms in total. The Morgan fingerprint density at radius 2 is 1.89 bits per heavy atom. The lowest BCUT2D eigenvalue weighted by Gasteiger charge is -2.34. The molecule has 27 heavy (non-hydrogen) atoms. The summed E-state index contributed by atoms with van der Waals surface area (Å²) in [6.07, 6.45) is 8.95. The maximum Gasteiger partial charge on any atom is 0.269 e. The lowest BCUT2D eigenvalue weighted by atomic mass is 9.77. The van der Waals surface area contributed by atoms with Crippen LogP contribution in [0.1, 0.15) is 63.6 Å². The largest absolute Gasteiger partial charge is 0.333 e. The molecule has 2 saturated carbocycles. The number of sulfonamides is 1. The zero-order chi connectivity index (χ0) is 18.2. The zero-order valence-corrected chi connectivity index (χ0v) is 17.5. The summed E-state index contributed by atoms with van der Waals surface area (Å²) < 4.78 is 34.1. The Labute approximate surface area is 169 Å². The van der Waals surface area contributed by atoms with Gasteiger partial charge in [-0.05, 0) is 43.6 Å². The van der Waals surface area contributed by atoms with Crippen LogP contribution < -0.4 is 10.5 Å². The van der Waals surface area contributed by atoms with E-state index in [1.54, 1.807) is 11.4 Å². The molecule has 0 bridgehead atoms. The van der Waals surface area contributed by atoms with Gasteiger partial charge in [0.25, 0.3) is 5.89 Å². The first kappa shape index (κ1) is 20.7. The summed E-state index contributed by atoms with van der Waals surface area (Å²) in [5, 5.41) is 5.74. The first-order valence-electron chi connectivity index (χ1n) is 9.21. The molecule has 0 spiro atoms. The standard InChI is InChI=1S/C17H24N4O3S2.ClH/c18-17(9-5-10-17)16-19-15(24-20-16)14-13(8-11-25-14)26(22,23)21-12-6-3-1-2-4-7-12;/h8,11-12,21H,1-7,9-10,18H2;1H. The number of hydrogen-bond donors (Lipinski definition) is 2. The molecular weight excluding hydrogens is 408 g/mol. The molecule has 2 aliphatic carbocycles. The summed E-state index contributed by atoms with van der Waals surface area (Å²) in [7, 11) is -3.63. The first-order chi connectivity index (χ1) is 12.5. The topological polar surface area (TPSA) is 111 Å². The van der Waals surface area contributed by atoms with Crippen LogP contribution >= 0.6 is 23.7 Å². The zero-order valence-electron chi connectivity index (χ0n) is 15.0. The minimum absolute atomic E-state index is 0. The van der Waals surface area contributed by atoms with Gasteiger partial charge in [-0.1, -0.05) is 30.8 Å². The predicted molar refractivity (Wildman–Crippen MR) is 106 cm³/mol. The fraction of sp³-hybridized carbons (Fsp3) is 0.647. The molecule has 2 fully saturated rings. The minimum atomic E-state index is -3.63. The van der Waals surface area contributed by atoms with Crippen molar-refractivity contribution < 1.29 is 12.9 Å². The Bertz CT molecular complexity index is 868. The number of halogens is 1. The monoisotopic (exact) mass is 432 g/mol. The third-order valence-electron chi connectivity index (χ3n) is 5.41. The van der Waals surface area contributed by atoms with Crippen LogP contribution in [0.4, 0.5) is 0 Å². The third-order valence-corrected chi connectivity index (χ3v) is 8.00. The summed E-state index contributed by atoms with van der Waals surface area (Å²) in [5.41, 5.74) is 5.71. The quantitative estimate of drug-likeness (QED) is 0.698. The Morgan fingerprint density at radius 1 is 1.19 bits per heavy atom. The highest BCUT2D eigenvalue weighted by molar-refractivity contribution is 7.89. The van der Waals surface area contributed by atoms with Crippen LogP contribution in [-0.2, 0) is 15.6 Å². The van der Waals surface area contributed by atoms with Gasteiger partial charge in [0.05, 0.1) is 5.54 Å². The molecule has 2 aliphatic rings. The van der Waals surface area contributed by atoms with Crippen LogP contribution in [0.25, 0.3) is 10.8 Å². The van der Waals surface area contributed by atoms with E-state index < -0.39 is 15.6 Å². The van der Waals surface area contributed by atoms with E-state index in [1.807, 2.05) is 0 Å². The Balaban J connectivity index is 0.00000210. The number of hydrogen-bond acceptors (Lipinski definition) is 7. The van der Waals surface area contributed by atoms with Crippen molar-refractivity contribution in [3.63, 3.8) is 0 Å². The van der Waals surface area contributed by atoms with Crippen molar-refractivity contribution in [2.24, 2.45) is 5.73 Å². The van der Waals surface area contributed by atoms with E-state index in [2.05, 4.69) is 14.9 Å². The summed E-state index contributed by atoms with van der Waals surface area (Å²) >= 11 is 1.29. The van der Waals surface area contributed by atoms with Crippen molar-refractivity contribution in [1.29, 1.82) is 0 Å². The molecule has 10 heteroatoms. The summed E-state index contributed by atoms with van der Waals surface area (Å²) in [6, 6.07) is 1.60. The number of aromatic nitrogens is 2. The fourth-order valence-electron chi connectivity index (χ4n) is 3.64. The lowest BCUT2D eigenvalue weighted by molar-refractivity contribution is 0.229. The third kappa shape index (κ3) is 4.22. The van der Waals surface area contributed by atoms with E-state index in [9.17, 15) is 8.42 Å². The highest BCUT2D eigenvalue weighted by atomic mass is 35.5. The number of nitrogens with zero attached hydrogens (tertiary/aromatic N) is 2. The number of rotatable bonds is 5. The van der Waals surface area contributed by atoms with Gasteiger partial charge >= 0.3 is 0 Å².